The van der Waals surface area contributed by atoms with Crippen LogP contribution in [0, 0.1) is 26.7 Å². The van der Waals surface area contributed by atoms with E-state index in [0.717, 1.165) is 17.8 Å². The van der Waals surface area contributed by atoms with Crippen molar-refractivity contribution in [2.45, 2.75) is 34.1 Å². The summed E-state index contributed by atoms with van der Waals surface area (Å²) in [5, 5.41) is 4.25. The molecule has 0 saturated heterocycles. The number of aryl methyl sites for hydroxylation is 3. The van der Waals surface area contributed by atoms with Crippen molar-refractivity contribution in [3.8, 4) is 0 Å². The molecule has 1 aromatic heterocycles. The predicted molar refractivity (Wildman–Crippen MR) is 76.4 cm³/mol. The minimum Gasteiger partial charge on any atom is -0.272 e. The lowest BCUT2D eigenvalue weighted by atomic mass is 9.99. The Bertz CT molecular complexity index is 581. The van der Waals surface area contributed by atoms with E-state index in [2.05, 4.69) is 36.3 Å². The van der Waals surface area contributed by atoms with Crippen molar-refractivity contribution in [2.24, 2.45) is 5.92 Å². The van der Waals surface area contributed by atoms with Gasteiger partial charge in [-0.25, -0.2) is 4.68 Å². The van der Waals surface area contributed by atoms with E-state index >= 15 is 0 Å². The lowest BCUT2D eigenvalue weighted by Gasteiger charge is -2.11. The molecule has 3 heteroatoms. The zero-order valence-electron chi connectivity index (χ0n) is 12.0. The van der Waals surface area contributed by atoms with E-state index in [1.807, 2.05) is 26.8 Å². The first kappa shape index (κ1) is 13.5. The lowest BCUT2D eigenvalue weighted by Crippen LogP contribution is -2.23. The quantitative estimate of drug-likeness (QED) is 0.844. The highest BCUT2D eigenvalue weighted by Gasteiger charge is 2.18. The van der Waals surface area contributed by atoms with E-state index < -0.39 is 0 Å². The molecule has 1 atom stereocenters. The van der Waals surface area contributed by atoms with Gasteiger partial charge in [-0.2, -0.15) is 5.10 Å². The van der Waals surface area contributed by atoms with E-state index in [0.29, 0.717) is 0 Å². The molecule has 3 nitrogen and oxygen atoms in total. The summed E-state index contributed by atoms with van der Waals surface area (Å²) in [7, 11) is 0. The number of rotatable bonds is 3. The molecule has 0 N–H and O–H groups in total. The van der Waals surface area contributed by atoms with Gasteiger partial charge in [-0.3, -0.25) is 4.79 Å². The van der Waals surface area contributed by atoms with Crippen LogP contribution in [0.25, 0.3) is 0 Å². The van der Waals surface area contributed by atoms with Crippen molar-refractivity contribution in [3.63, 3.8) is 0 Å². The van der Waals surface area contributed by atoms with Crippen molar-refractivity contribution in [1.82, 2.24) is 9.78 Å². The first-order valence-electron chi connectivity index (χ1n) is 6.60. The van der Waals surface area contributed by atoms with Crippen LogP contribution in [0.3, 0.4) is 0 Å². The third-order valence-corrected chi connectivity index (χ3v) is 3.30. The summed E-state index contributed by atoms with van der Waals surface area (Å²) in [5.41, 5.74) is 4.21. The fourth-order valence-electron chi connectivity index (χ4n) is 2.23. The van der Waals surface area contributed by atoms with E-state index in [4.69, 9.17) is 0 Å². The molecular formula is C16H20N2O. The Labute approximate surface area is 114 Å². The number of hydrogen-bond donors (Lipinski definition) is 0. The molecule has 0 fully saturated rings. The normalized spacial score (nSPS) is 12.4. The minimum atomic E-state index is -0.0688. The molecule has 100 valence electrons. The summed E-state index contributed by atoms with van der Waals surface area (Å²) in [6.45, 7) is 7.84. The Hall–Kier alpha value is -1.90. The Morgan fingerprint density at radius 3 is 2.37 bits per heavy atom. The Balaban J connectivity index is 2.11. The third kappa shape index (κ3) is 3.11. The van der Waals surface area contributed by atoms with Gasteiger partial charge in [0.15, 0.2) is 0 Å². The summed E-state index contributed by atoms with van der Waals surface area (Å²) in [6.07, 6.45) is 0.747. The molecule has 0 bridgehead atoms. The maximum atomic E-state index is 12.4. The number of hydrogen-bond acceptors (Lipinski definition) is 2. The van der Waals surface area contributed by atoms with E-state index in [1.54, 1.807) is 0 Å². The van der Waals surface area contributed by atoms with Gasteiger partial charge < -0.3 is 0 Å². The van der Waals surface area contributed by atoms with Gasteiger partial charge in [-0.15, -0.1) is 0 Å². The molecule has 0 aliphatic carbocycles. The second-order valence-electron chi connectivity index (χ2n) is 5.27. The zero-order chi connectivity index (χ0) is 14.0. The van der Waals surface area contributed by atoms with Crippen LogP contribution < -0.4 is 0 Å². The van der Waals surface area contributed by atoms with Crippen molar-refractivity contribution < 1.29 is 4.79 Å². The summed E-state index contributed by atoms with van der Waals surface area (Å²) in [5.74, 6) is -0.00752. The van der Waals surface area contributed by atoms with E-state index in [-0.39, 0.29) is 11.8 Å². The molecule has 0 saturated carbocycles. The fraction of sp³-hybridized carbons (Fsp3) is 0.375. The van der Waals surface area contributed by atoms with Crippen LogP contribution in [0.4, 0.5) is 0 Å². The van der Waals surface area contributed by atoms with Crippen molar-refractivity contribution >= 4 is 5.91 Å². The second-order valence-corrected chi connectivity index (χ2v) is 5.27. The molecule has 0 aliphatic heterocycles. The molecule has 0 spiro atoms. The highest BCUT2D eigenvalue weighted by Crippen LogP contribution is 2.13. The Morgan fingerprint density at radius 2 is 1.84 bits per heavy atom. The smallest absolute Gasteiger partial charge is 0.250 e. The Morgan fingerprint density at radius 1 is 1.21 bits per heavy atom. The third-order valence-electron chi connectivity index (χ3n) is 3.30. The number of aromatic nitrogens is 2. The number of carbonyl (C=O) groups is 1. The van der Waals surface area contributed by atoms with Crippen LogP contribution >= 0.6 is 0 Å². The van der Waals surface area contributed by atoms with Crippen LogP contribution in [-0.2, 0) is 6.42 Å². The topological polar surface area (TPSA) is 34.9 Å². The molecule has 0 aliphatic rings. The molecule has 1 heterocycles. The first-order valence-corrected chi connectivity index (χ1v) is 6.60. The number of carbonyl (C=O) groups excluding carboxylic acids is 1. The van der Waals surface area contributed by atoms with Crippen molar-refractivity contribution in [3.05, 3.63) is 52.8 Å². The number of benzene rings is 1. The molecule has 0 amide bonds. The van der Waals surface area contributed by atoms with Gasteiger partial charge in [-0.05, 0) is 38.8 Å². The predicted octanol–water partition coefficient (Wildman–Crippen LogP) is 3.33. The maximum Gasteiger partial charge on any atom is 0.250 e. The molecule has 19 heavy (non-hydrogen) atoms. The van der Waals surface area contributed by atoms with Gasteiger partial charge in [0.1, 0.15) is 0 Å². The van der Waals surface area contributed by atoms with Crippen LogP contribution in [0.5, 0.6) is 0 Å². The lowest BCUT2D eigenvalue weighted by molar-refractivity contribution is 0.0824. The van der Waals surface area contributed by atoms with Crippen LogP contribution in [0.15, 0.2) is 30.3 Å². The van der Waals surface area contributed by atoms with Crippen molar-refractivity contribution in [2.75, 3.05) is 0 Å². The molecule has 1 unspecified atom stereocenters. The average molecular weight is 256 g/mol. The molecule has 1 aromatic carbocycles. The second kappa shape index (κ2) is 5.39. The van der Waals surface area contributed by atoms with Gasteiger partial charge in [0.25, 0.3) is 0 Å². The summed E-state index contributed by atoms with van der Waals surface area (Å²) >= 11 is 0. The van der Waals surface area contributed by atoms with Gasteiger partial charge >= 0.3 is 0 Å². The summed E-state index contributed by atoms with van der Waals surface area (Å²) in [6, 6.07) is 10.3. The highest BCUT2D eigenvalue weighted by molar-refractivity contribution is 5.81. The van der Waals surface area contributed by atoms with E-state index in [9.17, 15) is 4.79 Å². The summed E-state index contributed by atoms with van der Waals surface area (Å²) < 4.78 is 1.52. The van der Waals surface area contributed by atoms with Gasteiger partial charge in [0.05, 0.1) is 5.69 Å². The minimum absolute atomic E-state index is 0.0613. The van der Waals surface area contributed by atoms with Gasteiger partial charge in [0, 0.05) is 11.6 Å². The zero-order valence-corrected chi connectivity index (χ0v) is 12.0. The van der Waals surface area contributed by atoms with E-state index in [1.165, 1.54) is 15.8 Å². The molecule has 2 rings (SSSR count). The summed E-state index contributed by atoms with van der Waals surface area (Å²) in [4.78, 5) is 12.4. The monoisotopic (exact) mass is 256 g/mol. The maximum absolute atomic E-state index is 12.4. The van der Waals surface area contributed by atoms with Crippen LogP contribution in [0.2, 0.25) is 0 Å². The largest absolute Gasteiger partial charge is 0.272 e. The number of nitrogens with zero attached hydrogens (tertiary/aromatic N) is 2. The van der Waals surface area contributed by atoms with Crippen LogP contribution in [-0.4, -0.2) is 15.7 Å². The Kier molecular flexibility index (Phi) is 3.84. The first-order chi connectivity index (χ1) is 8.97. The molecule has 2 aromatic rings. The highest BCUT2D eigenvalue weighted by atomic mass is 16.2. The molecular weight excluding hydrogens is 236 g/mol. The standard InChI is InChI=1S/C16H20N2O/c1-11-5-7-15(8-6-11)9-12(2)16(19)18-14(4)10-13(3)17-18/h5-8,10,12H,9H2,1-4H3. The molecule has 0 radical (unpaired) electrons. The SMILES string of the molecule is Cc1ccc(CC(C)C(=O)n2nc(C)cc2C)cc1. The van der Waals surface area contributed by atoms with Crippen LogP contribution in [0.1, 0.15) is 34.2 Å². The van der Waals surface area contributed by atoms with Gasteiger partial charge in [-0.1, -0.05) is 36.8 Å². The fourth-order valence-corrected chi connectivity index (χ4v) is 2.23. The average Bonchev–Trinajstić information content (AvgIpc) is 2.70. The van der Waals surface area contributed by atoms with Gasteiger partial charge in [0.2, 0.25) is 5.91 Å². The van der Waals surface area contributed by atoms with Crippen molar-refractivity contribution in [1.29, 1.82) is 0 Å².